The summed E-state index contributed by atoms with van der Waals surface area (Å²) in [4.78, 5) is 36.9. The van der Waals surface area contributed by atoms with Gasteiger partial charge in [0.2, 0.25) is 11.8 Å². The smallest absolute Gasteiger partial charge is 0.255 e. The summed E-state index contributed by atoms with van der Waals surface area (Å²) in [7, 11) is 0. The second-order valence-electron chi connectivity index (χ2n) is 4.54. The Morgan fingerprint density at radius 2 is 2.16 bits per heavy atom. The SMILES string of the molecule is [2H]c1c([2H])c(N)c2c(c1[2H])C(=O)N([C@@H]1CCC(=O)NC1=O)C2. The van der Waals surface area contributed by atoms with Crippen molar-refractivity contribution in [3.63, 3.8) is 0 Å². The summed E-state index contributed by atoms with van der Waals surface area (Å²) >= 11 is 0. The zero-order chi connectivity index (χ0) is 16.2. The number of imide groups is 1. The molecule has 2 aliphatic rings. The Bertz CT molecular complexity index is 735. The van der Waals surface area contributed by atoms with Crippen molar-refractivity contribution in [2.24, 2.45) is 0 Å². The van der Waals surface area contributed by atoms with E-state index >= 15 is 0 Å². The Hall–Kier alpha value is -2.37. The zero-order valence-corrected chi connectivity index (χ0v) is 9.95. The van der Waals surface area contributed by atoms with Crippen molar-refractivity contribution < 1.29 is 18.5 Å². The normalized spacial score (nSPS) is 24.6. The molecule has 6 heteroatoms. The van der Waals surface area contributed by atoms with Crippen LogP contribution in [0, 0.1) is 0 Å². The average Bonchev–Trinajstić information content (AvgIpc) is 2.81. The van der Waals surface area contributed by atoms with Crippen molar-refractivity contribution in [3.05, 3.63) is 29.3 Å². The van der Waals surface area contributed by atoms with E-state index in [1.54, 1.807) is 0 Å². The second-order valence-corrected chi connectivity index (χ2v) is 4.54. The predicted octanol–water partition coefficient (Wildman–Crippen LogP) is 0.0298. The number of anilines is 1. The molecule has 1 aromatic carbocycles. The van der Waals surface area contributed by atoms with E-state index in [-0.39, 0.29) is 48.6 Å². The Morgan fingerprint density at radius 1 is 1.37 bits per heavy atom. The molecule has 0 spiro atoms. The fourth-order valence-corrected chi connectivity index (χ4v) is 2.41. The standard InChI is InChI=1S/C13H13N3O3/c14-9-3-1-2-7-8(9)6-16(13(7)19)10-4-5-11(17)15-12(10)18/h1-3,10H,4-6,14H2,(H,15,17,18)/t10-/m1/s1/i1D,2D,3D. The third kappa shape index (κ3) is 1.76. The Kier molecular flexibility index (Phi) is 1.87. The molecule has 3 amide bonds. The molecule has 1 aromatic rings. The summed E-state index contributed by atoms with van der Waals surface area (Å²) in [6.07, 6.45) is 0.340. The van der Waals surface area contributed by atoms with E-state index in [4.69, 9.17) is 9.85 Å². The number of nitrogens with two attached hydrogens (primary N) is 1. The van der Waals surface area contributed by atoms with Gasteiger partial charge in [-0.3, -0.25) is 19.7 Å². The van der Waals surface area contributed by atoms with Gasteiger partial charge in [0.15, 0.2) is 0 Å². The summed E-state index contributed by atoms with van der Waals surface area (Å²) < 4.78 is 23.2. The third-order valence-corrected chi connectivity index (χ3v) is 3.40. The summed E-state index contributed by atoms with van der Waals surface area (Å²) in [6, 6.07) is -1.86. The highest BCUT2D eigenvalue weighted by atomic mass is 16.2. The summed E-state index contributed by atoms with van der Waals surface area (Å²) in [6.45, 7) is 0.00428. The van der Waals surface area contributed by atoms with Crippen LogP contribution >= 0.6 is 0 Å². The maximum atomic E-state index is 12.5. The first-order valence-electron chi connectivity index (χ1n) is 7.35. The number of carbonyl (C=O) groups excluding carboxylic acids is 3. The van der Waals surface area contributed by atoms with Gasteiger partial charge in [0.05, 0.1) is 4.11 Å². The number of carbonyl (C=O) groups is 3. The molecule has 1 atom stereocenters. The number of nitrogens with one attached hydrogen (secondary N) is 1. The molecule has 1 saturated heterocycles. The van der Waals surface area contributed by atoms with Gasteiger partial charge in [-0.1, -0.05) is 6.04 Å². The summed E-state index contributed by atoms with van der Waals surface area (Å²) in [5.74, 6) is -1.50. The van der Waals surface area contributed by atoms with Crippen LogP contribution in [0.5, 0.6) is 0 Å². The number of benzene rings is 1. The van der Waals surface area contributed by atoms with Crippen LogP contribution in [0.2, 0.25) is 0 Å². The van der Waals surface area contributed by atoms with Crippen LogP contribution in [0.1, 0.15) is 32.9 Å². The fourth-order valence-electron chi connectivity index (χ4n) is 2.41. The highest BCUT2D eigenvalue weighted by molar-refractivity contribution is 6.06. The second kappa shape index (κ2) is 4.08. The molecule has 0 radical (unpaired) electrons. The van der Waals surface area contributed by atoms with Crippen molar-refractivity contribution in [3.8, 4) is 0 Å². The van der Waals surface area contributed by atoms with Gasteiger partial charge in [-0.25, -0.2) is 0 Å². The molecular weight excluding hydrogens is 246 g/mol. The molecule has 0 saturated carbocycles. The molecule has 0 aliphatic carbocycles. The monoisotopic (exact) mass is 262 g/mol. The number of hydrogen-bond donors (Lipinski definition) is 2. The minimum absolute atomic E-state index is 0.00428. The first-order chi connectivity index (χ1) is 10.3. The molecule has 3 N–H and O–H groups in total. The number of fused-ring (bicyclic) bond motifs is 1. The average molecular weight is 262 g/mol. The highest BCUT2D eigenvalue weighted by Crippen LogP contribution is 2.30. The molecule has 98 valence electrons. The van der Waals surface area contributed by atoms with E-state index in [9.17, 15) is 14.4 Å². The van der Waals surface area contributed by atoms with Crippen molar-refractivity contribution in [1.29, 1.82) is 0 Å². The van der Waals surface area contributed by atoms with E-state index in [1.165, 1.54) is 4.90 Å². The largest absolute Gasteiger partial charge is 0.398 e. The summed E-state index contributed by atoms with van der Waals surface area (Å²) in [5, 5.41) is 2.18. The van der Waals surface area contributed by atoms with Crippen LogP contribution in [0.3, 0.4) is 0 Å². The Morgan fingerprint density at radius 3 is 2.89 bits per heavy atom. The quantitative estimate of drug-likeness (QED) is 0.551. The molecule has 0 bridgehead atoms. The molecule has 0 aromatic heterocycles. The molecular formula is C13H13N3O3. The third-order valence-electron chi connectivity index (χ3n) is 3.40. The van der Waals surface area contributed by atoms with E-state index in [2.05, 4.69) is 5.32 Å². The molecule has 2 aliphatic heterocycles. The molecule has 1 fully saturated rings. The van der Waals surface area contributed by atoms with Gasteiger partial charge < -0.3 is 10.6 Å². The van der Waals surface area contributed by atoms with Crippen LogP contribution in [0.4, 0.5) is 5.69 Å². The van der Waals surface area contributed by atoms with Gasteiger partial charge in [0.1, 0.15) is 6.04 Å². The minimum Gasteiger partial charge on any atom is -0.398 e. The zero-order valence-electron chi connectivity index (χ0n) is 12.9. The van der Waals surface area contributed by atoms with Crippen molar-refractivity contribution in [2.45, 2.75) is 25.4 Å². The first-order valence-corrected chi connectivity index (χ1v) is 5.85. The van der Waals surface area contributed by atoms with E-state index in [1.807, 2.05) is 0 Å². The lowest BCUT2D eigenvalue weighted by atomic mass is 10.0. The predicted molar refractivity (Wildman–Crippen MR) is 66.9 cm³/mol. The van der Waals surface area contributed by atoms with Crippen molar-refractivity contribution >= 4 is 23.4 Å². The van der Waals surface area contributed by atoms with Gasteiger partial charge in [-0.15, -0.1) is 0 Å². The highest BCUT2D eigenvalue weighted by Gasteiger charge is 2.39. The van der Waals surface area contributed by atoms with Crippen LogP contribution < -0.4 is 11.1 Å². The summed E-state index contributed by atoms with van der Waals surface area (Å²) in [5.41, 5.74) is 6.06. The van der Waals surface area contributed by atoms with Crippen LogP contribution in [0.25, 0.3) is 0 Å². The lowest BCUT2D eigenvalue weighted by molar-refractivity contribution is -0.136. The van der Waals surface area contributed by atoms with Crippen molar-refractivity contribution in [2.75, 3.05) is 5.73 Å². The fraction of sp³-hybridized carbons (Fsp3) is 0.308. The number of piperidine rings is 1. The number of rotatable bonds is 1. The van der Waals surface area contributed by atoms with Crippen molar-refractivity contribution in [1.82, 2.24) is 10.2 Å². The van der Waals surface area contributed by atoms with Gasteiger partial charge >= 0.3 is 0 Å². The van der Waals surface area contributed by atoms with Gasteiger partial charge in [0, 0.05) is 29.8 Å². The van der Waals surface area contributed by atoms with Crippen LogP contribution in [-0.2, 0) is 16.1 Å². The maximum Gasteiger partial charge on any atom is 0.255 e. The lowest BCUT2D eigenvalue weighted by Gasteiger charge is -2.29. The molecule has 6 nitrogen and oxygen atoms in total. The molecule has 2 heterocycles. The minimum atomic E-state index is -0.806. The number of amides is 3. The number of nitrogen functional groups attached to an aromatic ring is 1. The number of nitrogens with zero attached hydrogens (tertiary/aromatic N) is 1. The number of hydrogen-bond acceptors (Lipinski definition) is 4. The van der Waals surface area contributed by atoms with Gasteiger partial charge in [0.25, 0.3) is 5.91 Å². The van der Waals surface area contributed by atoms with E-state index in [0.29, 0.717) is 5.56 Å². The Labute approximate surface area is 113 Å². The maximum absolute atomic E-state index is 12.5. The van der Waals surface area contributed by atoms with Crippen LogP contribution in [0.15, 0.2) is 18.1 Å². The first kappa shape index (κ1) is 8.68. The molecule has 19 heavy (non-hydrogen) atoms. The van der Waals surface area contributed by atoms with Crippen LogP contribution in [-0.4, -0.2) is 28.7 Å². The molecule has 3 rings (SSSR count). The lowest BCUT2D eigenvalue weighted by Crippen LogP contribution is -2.52. The van der Waals surface area contributed by atoms with Gasteiger partial charge in [-0.05, 0) is 18.5 Å². The van der Waals surface area contributed by atoms with E-state index in [0.717, 1.165) is 0 Å². The topological polar surface area (TPSA) is 92.5 Å². The van der Waals surface area contributed by atoms with Gasteiger partial charge in [-0.2, -0.15) is 0 Å². The Balaban J connectivity index is 2.02. The van der Waals surface area contributed by atoms with E-state index < -0.39 is 23.9 Å². The molecule has 0 unspecified atom stereocenters.